The van der Waals surface area contributed by atoms with Gasteiger partial charge in [0.05, 0.1) is 6.04 Å². The monoisotopic (exact) mass is 254 g/mol. The molecule has 3 heteroatoms. The maximum atomic E-state index is 4.25. The molecular formula is C15H14N2S. The van der Waals surface area contributed by atoms with Crippen LogP contribution in [-0.2, 0) is 0 Å². The second kappa shape index (κ2) is 4.88. The molecule has 0 fully saturated rings. The van der Waals surface area contributed by atoms with Crippen LogP contribution in [0.15, 0.2) is 54.2 Å². The smallest absolute Gasteiger partial charge is 0.0675 e. The molecule has 2 heterocycles. The highest BCUT2D eigenvalue weighted by atomic mass is 32.1. The van der Waals surface area contributed by atoms with E-state index in [0.29, 0.717) is 0 Å². The van der Waals surface area contributed by atoms with Gasteiger partial charge in [0.25, 0.3) is 0 Å². The quantitative estimate of drug-likeness (QED) is 0.772. The predicted molar refractivity (Wildman–Crippen MR) is 77.0 cm³/mol. The number of nitrogens with zero attached hydrogens (tertiary/aromatic N) is 1. The molecule has 0 spiro atoms. The molecule has 0 bridgehead atoms. The third kappa shape index (κ3) is 1.92. The Morgan fingerprint density at radius 1 is 1.17 bits per heavy atom. The lowest BCUT2D eigenvalue weighted by atomic mass is 9.99. The van der Waals surface area contributed by atoms with Crippen molar-refractivity contribution in [2.24, 2.45) is 0 Å². The van der Waals surface area contributed by atoms with Crippen LogP contribution < -0.4 is 5.32 Å². The molecule has 0 aliphatic rings. The van der Waals surface area contributed by atoms with E-state index in [9.17, 15) is 0 Å². The van der Waals surface area contributed by atoms with Crippen LogP contribution in [-0.4, -0.2) is 12.0 Å². The first kappa shape index (κ1) is 11.4. The Labute approximate surface area is 110 Å². The summed E-state index contributed by atoms with van der Waals surface area (Å²) in [7, 11) is 2.00. The van der Waals surface area contributed by atoms with E-state index in [1.165, 1.54) is 21.2 Å². The summed E-state index contributed by atoms with van der Waals surface area (Å²) >= 11 is 1.78. The molecule has 18 heavy (non-hydrogen) atoms. The number of aromatic nitrogens is 1. The van der Waals surface area contributed by atoms with Gasteiger partial charge in [-0.15, -0.1) is 11.3 Å². The molecule has 0 aliphatic heterocycles. The molecule has 1 atom stereocenters. The second-order valence-corrected chi connectivity index (χ2v) is 5.16. The van der Waals surface area contributed by atoms with Crippen LogP contribution in [0.1, 0.15) is 16.5 Å². The van der Waals surface area contributed by atoms with Gasteiger partial charge in [-0.1, -0.05) is 24.3 Å². The van der Waals surface area contributed by atoms with Crippen molar-refractivity contribution in [1.29, 1.82) is 0 Å². The van der Waals surface area contributed by atoms with Gasteiger partial charge in [-0.05, 0) is 35.5 Å². The first-order chi connectivity index (χ1) is 8.90. The average Bonchev–Trinajstić information content (AvgIpc) is 2.94. The van der Waals surface area contributed by atoms with Gasteiger partial charge in [-0.2, -0.15) is 0 Å². The lowest BCUT2D eigenvalue weighted by Crippen LogP contribution is -2.16. The summed E-state index contributed by atoms with van der Waals surface area (Å²) in [5.74, 6) is 0. The van der Waals surface area contributed by atoms with Crippen molar-refractivity contribution >= 4 is 22.1 Å². The van der Waals surface area contributed by atoms with Gasteiger partial charge in [0.1, 0.15) is 0 Å². The molecule has 0 saturated heterocycles. The SMILES string of the molecule is CNC(c1cccs1)c1cccc2ccncc12. The fourth-order valence-corrected chi connectivity index (χ4v) is 3.15. The van der Waals surface area contributed by atoms with E-state index in [1.54, 1.807) is 11.3 Å². The molecule has 0 aliphatic carbocycles. The van der Waals surface area contributed by atoms with Crippen molar-refractivity contribution in [3.8, 4) is 0 Å². The van der Waals surface area contributed by atoms with E-state index in [1.807, 2.05) is 19.4 Å². The van der Waals surface area contributed by atoms with E-state index < -0.39 is 0 Å². The highest BCUT2D eigenvalue weighted by Gasteiger charge is 2.15. The minimum absolute atomic E-state index is 0.234. The number of nitrogens with one attached hydrogen (secondary N) is 1. The highest BCUT2D eigenvalue weighted by Crippen LogP contribution is 2.30. The van der Waals surface area contributed by atoms with E-state index in [-0.39, 0.29) is 6.04 Å². The highest BCUT2D eigenvalue weighted by molar-refractivity contribution is 7.10. The summed E-state index contributed by atoms with van der Waals surface area (Å²) in [5, 5.41) is 7.96. The number of pyridine rings is 1. The Balaban J connectivity index is 2.18. The van der Waals surface area contributed by atoms with Crippen molar-refractivity contribution in [3.05, 3.63) is 64.6 Å². The predicted octanol–water partition coefficient (Wildman–Crippen LogP) is 3.61. The number of fused-ring (bicyclic) bond motifs is 1. The zero-order valence-electron chi connectivity index (χ0n) is 10.1. The van der Waals surface area contributed by atoms with E-state index >= 15 is 0 Å². The van der Waals surface area contributed by atoms with Crippen LogP contribution in [0.5, 0.6) is 0 Å². The van der Waals surface area contributed by atoms with E-state index in [2.05, 4.69) is 52.1 Å². The van der Waals surface area contributed by atoms with Crippen LogP contribution in [0.3, 0.4) is 0 Å². The van der Waals surface area contributed by atoms with Crippen LogP contribution in [0, 0.1) is 0 Å². The summed E-state index contributed by atoms with van der Waals surface area (Å²) < 4.78 is 0. The third-order valence-corrected chi connectivity index (χ3v) is 4.08. The number of hydrogen-bond acceptors (Lipinski definition) is 3. The lowest BCUT2D eigenvalue weighted by Gasteiger charge is -2.17. The van der Waals surface area contributed by atoms with Crippen molar-refractivity contribution in [2.45, 2.75) is 6.04 Å². The van der Waals surface area contributed by atoms with Gasteiger partial charge < -0.3 is 5.32 Å². The number of hydrogen-bond donors (Lipinski definition) is 1. The fraction of sp³-hybridized carbons (Fsp3) is 0.133. The molecule has 0 amide bonds. The van der Waals surface area contributed by atoms with E-state index in [0.717, 1.165) is 0 Å². The van der Waals surface area contributed by atoms with Crippen LogP contribution in [0.2, 0.25) is 0 Å². The molecule has 2 aromatic heterocycles. The molecule has 3 rings (SSSR count). The Morgan fingerprint density at radius 2 is 2.11 bits per heavy atom. The van der Waals surface area contributed by atoms with Crippen molar-refractivity contribution in [2.75, 3.05) is 7.05 Å². The zero-order chi connectivity index (χ0) is 12.4. The minimum atomic E-state index is 0.234. The van der Waals surface area contributed by atoms with Gasteiger partial charge in [0.2, 0.25) is 0 Å². The molecule has 1 aromatic carbocycles. The van der Waals surface area contributed by atoms with Crippen LogP contribution in [0.4, 0.5) is 0 Å². The summed E-state index contributed by atoms with van der Waals surface area (Å²) in [5.41, 5.74) is 1.28. The van der Waals surface area contributed by atoms with Gasteiger partial charge in [0, 0.05) is 22.7 Å². The third-order valence-electron chi connectivity index (χ3n) is 3.14. The number of thiophene rings is 1. The van der Waals surface area contributed by atoms with Gasteiger partial charge in [0.15, 0.2) is 0 Å². The number of benzene rings is 1. The molecular weight excluding hydrogens is 240 g/mol. The zero-order valence-corrected chi connectivity index (χ0v) is 10.9. The van der Waals surface area contributed by atoms with Crippen LogP contribution >= 0.6 is 11.3 Å². The van der Waals surface area contributed by atoms with Crippen molar-refractivity contribution < 1.29 is 0 Å². The second-order valence-electron chi connectivity index (χ2n) is 4.18. The Morgan fingerprint density at radius 3 is 2.89 bits per heavy atom. The summed E-state index contributed by atoms with van der Waals surface area (Å²) in [6.45, 7) is 0. The average molecular weight is 254 g/mol. The van der Waals surface area contributed by atoms with Gasteiger partial charge in [-0.3, -0.25) is 4.98 Å². The molecule has 1 N–H and O–H groups in total. The molecule has 0 saturated carbocycles. The Hall–Kier alpha value is -1.71. The lowest BCUT2D eigenvalue weighted by molar-refractivity contribution is 0.709. The topological polar surface area (TPSA) is 24.9 Å². The maximum absolute atomic E-state index is 4.25. The van der Waals surface area contributed by atoms with E-state index in [4.69, 9.17) is 0 Å². The summed E-state index contributed by atoms with van der Waals surface area (Å²) in [6, 6.07) is 13.0. The molecule has 3 aromatic rings. The van der Waals surface area contributed by atoms with Crippen molar-refractivity contribution in [1.82, 2.24) is 10.3 Å². The first-order valence-electron chi connectivity index (χ1n) is 5.93. The first-order valence-corrected chi connectivity index (χ1v) is 6.81. The molecule has 2 nitrogen and oxygen atoms in total. The largest absolute Gasteiger partial charge is 0.309 e. The molecule has 0 radical (unpaired) electrons. The fourth-order valence-electron chi connectivity index (χ4n) is 2.30. The normalized spacial score (nSPS) is 12.7. The van der Waals surface area contributed by atoms with Gasteiger partial charge in [-0.25, -0.2) is 0 Å². The Kier molecular flexibility index (Phi) is 3.09. The summed E-state index contributed by atoms with van der Waals surface area (Å²) in [6.07, 6.45) is 3.79. The maximum Gasteiger partial charge on any atom is 0.0675 e. The molecule has 1 unspecified atom stereocenters. The Bertz CT molecular complexity index is 641. The minimum Gasteiger partial charge on any atom is -0.309 e. The van der Waals surface area contributed by atoms with Crippen LogP contribution in [0.25, 0.3) is 10.8 Å². The number of rotatable bonds is 3. The summed E-state index contributed by atoms with van der Waals surface area (Å²) in [4.78, 5) is 5.57. The standard InChI is InChI=1S/C15H14N2S/c1-16-15(14-6-3-9-18-14)12-5-2-4-11-7-8-17-10-13(11)12/h2-10,15-16H,1H3. The molecule has 90 valence electrons. The van der Waals surface area contributed by atoms with Gasteiger partial charge >= 0.3 is 0 Å². The van der Waals surface area contributed by atoms with Crippen molar-refractivity contribution in [3.63, 3.8) is 0 Å².